The highest BCUT2D eigenvalue weighted by Gasteiger charge is 2.17. The van der Waals surface area contributed by atoms with Crippen LogP contribution in [0.5, 0.6) is 0 Å². The number of carbonyl (C=O) groups excluding carboxylic acids is 1. The van der Waals surface area contributed by atoms with Crippen molar-refractivity contribution in [1.29, 1.82) is 0 Å². The van der Waals surface area contributed by atoms with Crippen molar-refractivity contribution in [3.05, 3.63) is 54.0 Å². The molecule has 2 rings (SSSR count). The lowest BCUT2D eigenvalue weighted by atomic mass is 10.2. The third-order valence-electron chi connectivity index (χ3n) is 2.81. The number of methoxy groups -OCH3 is 1. The van der Waals surface area contributed by atoms with Crippen molar-refractivity contribution in [2.75, 3.05) is 18.6 Å². The average molecular weight is 259 g/mol. The molecule has 0 aliphatic rings. The number of carbonyl (C=O) groups is 1. The number of nitrogens with zero attached hydrogens (tertiary/aromatic N) is 1. The molecule has 0 saturated heterocycles. The van der Waals surface area contributed by atoms with Gasteiger partial charge in [-0.2, -0.15) is 0 Å². The van der Waals surface area contributed by atoms with E-state index in [9.17, 15) is 4.79 Å². The Morgan fingerprint density at radius 2 is 2.00 bits per heavy atom. The molecule has 0 radical (unpaired) electrons. The molecule has 4 nitrogen and oxygen atoms in total. The van der Waals surface area contributed by atoms with Crippen LogP contribution < -0.4 is 4.90 Å². The van der Waals surface area contributed by atoms with Crippen LogP contribution in [0, 0.1) is 6.92 Å². The molecule has 0 aliphatic heterocycles. The van der Waals surface area contributed by atoms with Crippen molar-refractivity contribution >= 4 is 11.6 Å². The fourth-order valence-corrected chi connectivity index (χ4v) is 1.81. The molecular weight excluding hydrogens is 242 g/mol. The molecule has 0 spiro atoms. The molecule has 1 aromatic carbocycles. The van der Waals surface area contributed by atoms with Gasteiger partial charge >= 0.3 is 0 Å². The second kappa shape index (κ2) is 6.20. The molecule has 4 heteroatoms. The standard InChI is InChI=1S/C15H17NO3/c1-12-5-7-13(8-6-12)16(15(17)11-18-2)10-14-4-3-9-19-14/h3-9H,10-11H2,1-2H3. The SMILES string of the molecule is COCC(=O)N(Cc1ccco1)c1ccc(C)cc1. The zero-order chi connectivity index (χ0) is 13.7. The predicted molar refractivity (Wildman–Crippen MR) is 73.0 cm³/mol. The first-order chi connectivity index (χ1) is 9.20. The number of amides is 1. The van der Waals surface area contributed by atoms with E-state index in [2.05, 4.69) is 0 Å². The van der Waals surface area contributed by atoms with Crippen LogP contribution in [-0.4, -0.2) is 19.6 Å². The van der Waals surface area contributed by atoms with Gasteiger partial charge in [0.15, 0.2) is 0 Å². The average Bonchev–Trinajstić information content (AvgIpc) is 2.90. The first-order valence-electron chi connectivity index (χ1n) is 6.09. The predicted octanol–water partition coefficient (Wildman–Crippen LogP) is 2.77. The summed E-state index contributed by atoms with van der Waals surface area (Å²) in [6, 6.07) is 11.5. The molecule has 1 amide bonds. The van der Waals surface area contributed by atoms with Crippen molar-refractivity contribution in [2.24, 2.45) is 0 Å². The minimum Gasteiger partial charge on any atom is -0.467 e. The maximum absolute atomic E-state index is 12.1. The molecule has 0 atom stereocenters. The third-order valence-corrected chi connectivity index (χ3v) is 2.81. The van der Waals surface area contributed by atoms with E-state index in [4.69, 9.17) is 9.15 Å². The van der Waals surface area contributed by atoms with Gasteiger partial charge in [-0.3, -0.25) is 4.79 Å². The van der Waals surface area contributed by atoms with Crippen LogP contribution in [0.25, 0.3) is 0 Å². The number of hydrogen-bond donors (Lipinski definition) is 0. The van der Waals surface area contributed by atoms with Crippen LogP contribution >= 0.6 is 0 Å². The van der Waals surface area contributed by atoms with Gasteiger partial charge in [-0.25, -0.2) is 0 Å². The van der Waals surface area contributed by atoms with E-state index in [0.717, 1.165) is 17.0 Å². The van der Waals surface area contributed by atoms with E-state index >= 15 is 0 Å². The van der Waals surface area contributed by atoms with Gasteiger partial charge in [0, 0.05) is 12.8 Å². The maximum atomic E-state index is 12.1. The molecule has 1 heterocycles. The number of hydrogen-bond acceptors (Lipinski definition) is 3. The minimum absolute atomic E-state index is 0.0502. The zero-order valence-corrected chi connectivity index (χ0v) is 11.1. The van der Waals surface area contributed by atoms with Crippen LogP contribution in [0.1, 0.15) is 11.3 Å². The van der Waals surface area contributed by atoms with E-state index in [-0.39, 0.29) is 12.5 Å². The Hall–Kier alpha value is -2.07. The van der Waals surface area contributed by atoms with Crippen molar-refractivity contribution < 1.29 is 13.9 Å². The van der Waals surface area contributed by atoms with E-state index in [1.54, 1.807) is 11.2 Å². The number of benzene rings is 1. The molecule has 0 saturated carbocycles. The van der Waals surface area contributed by atoms with Crippen LogP contribution in [0.3, 0.4) is 0 Å². The van der Waals surface area contributed by atoms with E-state index in [1.807, 2.05) is 43.3 Å². The molecule has 100 valence electrons. The summed E-state index contributed by atoms with van der Waals surface area (Å²) in [6.07, 6.45) is 1.60. The van der Waals surface area contributed by atoms with Gasteiger partial charge in [0.05, 0.1) is 12.8 Å². The molecule has 2 aromatic rings. The van der Waals surface area contributed by atoms with Gasteiger partial charge in [0.25, 0.3) is 5.91 Å². The van der Waals surface area contributed by atoms with Crippen molar-refractivity contribution in [3.8, 4) is 0 Å². The highest BCUT2D eigenvalue weighted by Crippen LogP contribution is 2.18. The summed E-state index contributed by atoms with van der Waals surface area (Å²) in [5, 5.41) is 0. The summed E-state index contributed by atoms with van der Waals surface area (Å²) in [4.78, 5) is 13.8. The Morgan fingerprint density at radius 3 is 2.58 bits per heavy atom. The molecule has 0 bridgehead atoms. The number of aryl methyl sites for hydroxylation is 1. The fourth-order valence-electron chi connectivity index (χ4n) is 1.81. The lowest BCUT2D eigenvalue weighted by Gasteiger charge is -2.21. The lowest BCUT2D eigenvalue weighted by Crippen LogP contribution is -2.33. The molecular formula is C15H17NO3. The summed E-state index contributed by atoms with van der Waals surface area (Å²) < 4.78 is 10.2. The zero-order valence-electron chi connectivity index (χ0n) is 11.1. The van der Waals surface area contributed by atoms with Crippen molar-refractivity contribution in [3.63, 3.8) is 0 Å². The number of furan rings is 1. The Labute approximate surface area is 112 Å². The summed E-state index contributed by atoms with van der Waals surface area (Å²) in [6.45, 7) is 2.46. The molecule has 1 aromatic heterocycles. The first kappa shape index (κ1) is 13.4. The Kier molecular flexibility index (Phi) is 4.36. The van der Waals surface area contributed by atoms with Gasteiger partial charge < -0.3 is 14.1 Å². The monoisotopic (exact) mass is 259 g/mol. The van der Waals surface area contributed by atoms with E-state index in [1.165, 1.54) is 7.11 Å². The van der Waals surface area contributed by atoms with Crippen LogP contribution in [0.4, 0.5) is 5.69 Å². The highest BCUT2D eigenvalue weighted by atomic mass is 16.5. The largest absolute Gasteiger partial charge is 0.467 e. The van der Waals surface area contributed by atoms with E-state index < -0.39 is 0 Å². The van der Waals surface area contributed by atoms with Gasteiger partial charge in [-0.1, -0.05) is 17.7 Å². The summed E-state index contributed by atoms with van der Waals surface area (Å²) in [7, 11) is 1.51. The van der Waals surface area contributed by atoms with Gasteiger partial charge in [-0.05, 0) is 31.2 Å². The van der Waals surface area contributed by atoms with Crippen molar-refractivity contribution in [2.45, 2.75) is 13.5 Å². The second-order valence-electron chi connectivity index (χ2n) is 4.33. The molecule has 0 fully saturated rings. The van der Waals surface area contributed by atoms with Crippen LogP contribution in [0.2, 0.25) is 0 Å². The van der Waals surface area contributed by atoms with Gasteiger partial charge in [-0.15, -0.1) is 0 Å². The number of ether oxygens (including phenoxy) is 1. The quantitative estimate of drug-likeness (QED) is 0.829. The number of anilines is 1. The summed E-state index contributed by atoms with van der Waals surface area (Å²) in [5.41, 5.74) is 1.99. The Morgan fingerprint density at radius 1 is 1.26 bits per heavy atom. The van der Waals surface area contributed by atoms with Crippen LogP contribution in [-0.2, 0) is 16.1 Å². The van der Waals surface area contributed by atoms with Crippen LogP contribution in [0.15, 0.2) is 47.1 Å². The first-order valence-corrected chi connectivity index (χ1v) is 6.09. The van der Waals surface area contributed by atoms with E-state index in [0.29, 0.717) is 6.54 Å². The minimum atomic E-state index is -0.0947. The molecule has 0 aliphatic carbocycles. The maximum Gasteiger partial charge on any atom is 0.253 e. The van der Waals surface area contributed by atoms with Gasteiger partial charge in [0.2, 0.25) is 0 Å². The smallest absolute Gasteiger partial charge is 0.253 e. The topological polar surface area (TPSA) is 42.7 Å². The normalized spacial score (nSPS) is 10.4. The van der Waals surface area contributed by atoms with Gasteiger partial charge in [0.1, 0.15) is 12.4 Å². The highest BCUT2D eigenvalue weighted by molar-refractivity contribution is 5.94. The molecule has 19 heavy (non-hydrogen) atoms. The lowest BCUT2D eigenvalue weighted by molar-refractivity contribution is -0.122. The summed E-state index contributed by atoms with van der Waals surface area (Å²) in [5.74, 6) is 0.646. The van der Waals surface area contributed by atoms with Crippen molar-refractivity contribution in [1.82, 2.24) is 0 Å². The number of rotatable bonds is 5. The molecule has 0 N–H and O–H groups in total. The third kappa shape index (κ3) is 3.45. The Bertz CT molecular complexity index is 517. The summed E-state index contributed by atoms with van der Waals surface area (Å²) >= 11 is 0. The second-order valence-corrected chi connectivity index (χ2v) is 4.33. The Balaban J connectivity index is 2.23. The molecule has 0 unspecified atom stereocenters. The fraction of sp³-hybridized carbons (Fsp3) is 0.267.